The van der Waals surface area contributed by atoms with Crippen LogP contribution in [-0.2, 0) is 11.3 Å². The molecule has 1 aliphatic rings. The highest BCUT2D eigenvalue weighted by molar-refractivity contribution is 6.30. The van der Waals surface area contributed by atoms with Crippen molar-refractivity contribution in [2.24, 2.45) is 0 Å². The molecule has 0 amide bonds. The lowest BCUT2D eigenvalue weighted by molar-refractivity contribution is 0.0526. The van der Waals surface area contributed by atoms with Gasteiger partial charge in [0.25, 0.3) is 0 Å². The van der Waals surface area contributed by atoms with Gasteiger partial charge in [0, 0.05) is 23.0 Å². The number of ether oxygens (including phenoxy) is 3. The van der Waals surface area contributed by atoms with Crippen LogP contribution in [0.4, 0.5) is 0 Å². The number of methoxy groups -OCH3 is 1. The molecule has 3 aromatic rings. The van der Waals surface area contributed by atoms with E-state index in [9.17, 15) is 4.79 Å². The minimum Gasteiger partial charge on any atom is -0.497 e. The summed E-state index contributed by atoms with van der Waals surface area (Å²) in [7, 11) is 1.65. The number of esters is 1. The fourth-order valence-corrected chi connectivity index (χ4v) is 4.21. The van der Waals surface area contributed by atoms with Crippen molar-refractivity contribution in [1.29, 1.82) is 0 Å². The van der Waals surface area contributed by atoms with Crippen molar-refractivity contribution in [1.82, 2.24) is 4.98 Å². The summed E-state index contributed by atoms with van der Waals surface area (Å²) in [6.45, 7) is 2.55. The van der Waals surface area contributed by atoms with Gasteiger partial charge in [-0.25, -0.2) is 4.79 Å². The number of rotatable bonds is 8. The van der Waals surface area contributed by atoms with Gasteiger partial charge in [0.15, 0.2) is 0 Å². The molecule has 4 rings (SSSR count). The zero-order valence-electron chi connectivity index (χ0n) is 18.8. The summed E-state index contributed by atoms with van der Waals surface area (Å²) in [5, 5.41) is 0.652. The van der Waals surface area contributed by atoms with E-state index in [4.69, 9.17) is 25.8 Å². The average molecular weight is 464 g/mol. The van der Waals surface area contributed by atoms with Crippen LogP contribution >= 0.6 is 11.6 Å². The lowest BCUT2D eigenvalue weighted by Gasteiger charge is -2.15. The fraction of sp³-hybridized carbons (Fsp3) is 0.259. The molecule has 0 N–H and O–H groups in total. The predicted octanol–water partition coefficient (Wildman–Crippen LogP) is 6.59. The molecule has 0 bridgehead atoms. The fourth-order valence-electron chi connectivity index (χ4n) is 4.04. The highest BCUT2D eigenvalue weighted by atomic mass is 35.5. The largest absolute Gasteiger partial charge is 0.497 e. The van der Waals surface area contributed by atoms with Crippen LogP contribution in [0.2, 0.25) is 5.02 Å². The maximum atomic E-state index is 12.2. The van der Waals surface area contributed by atoms with Crippen LogP contribution in [0, 0.1) is 0 Å². The van der Waals surface area contributed by atoms with E-state index in [1.54, 1.807) is 26.4 Å². The number of hydrogen-bond acceptors (Lipinski definition) is 5. The maximum Gasteiger partial charge on any atom is 0.339 e. The molecule has 1 aliphatic carbocycles. The Morgan fingerprint density at radius 1 is 1.03 bits per heavy atom. The Morgan fingerprint density at radius 3 is 2.58 bits per heavy atom. The third-order valence-electron chi connectivity index (χ3n) is 5.64. The summed E-state index contributed by atoms with van der Waals surface area (Å²) in [6.07, 6.45) is 6.15. The van der Waals surface area contributed by atoms with E-state index in [0.717, 1.165) is 53.0 Å². The van der Waals surface area contributed by atoms with Gasteiger partial charge in [0.2, 0.25) is 0 Å². The second-order valence-electron chi connectivity index (χ2n) is 7.77. The standard InChI is InChI=1S/C27H26ClNO4/c1-3-32-27(30)20-13-19(15-29-16-20)23-5-4-6-24(23)25-14-21(28)9-12-26(25)33-17-18-7-10-22(31-2)11-8-18/h7-16H,3-6,17H2,1-2H3. The predicted molar refractivity (Wildman–Crippen MR) is 130 cm³/mol. The van der Waals surface area contributed by atoms with Crippen LogP contribution in [0.5, 0.6) is 11.5 Å². The number of carbonyl (C=O) groups is 1. The van der Waals surface area contributed by atoms with Crippen LogP contribution in [-0.4, -0.2) is 24.7 Å². The molecular weight excluding hydrogens is 438 g/mol. The quantitative estimate of drug-likeness (QED) is 0.352. The van der Waals surface area contributed by atoms with Gasteiger partial charge in [-0.2, -0.15) is 0 Å². The lowest BCUT2D eigenvalue weighted by atomic mass is 9.96. The van der Waals surface area contributed by atoms with E-state index in [1.165, 1.54) is 5.57 Å². The van der Waals surface area contributed by atoms with Crippen LogP contribution in [0.3, 0.4) is 0 Å². The number of hydrogen-bond donors (Lipinski definition) is 0. The summed E-state index contributed by atoms with van der Waals surface area (Å²) in [5.74, 6) is 1.22. The van der Waals surface area contributed by atoms with Gasteiger partial charge < -0.3 is 14.2 Å². The number of halogens is 1. The first-order valence-electron chi connectivity index (χ1n) is 11.0. The summed E-state index contributed by atoms with van der Waals surface area (Å²) in [4.78, 5) is 16.5. The van der Waals surface area contributed by atoms with Crippen molar-refractivity contribution >= 4 is 28.7 Å². The van der Waals surface area contributed by atoms with Crippen molar-refractivity contribution < 1.29 is 19.0 Å². The third kappa shape index (κ3) is 5.37. The molecule has 0 aliphatic heterocycles. The molecule has 0 radical (unpaired) electrons. The number of allylic oxidation sites excluding steroid dienone is 2. The second kappa shape index (κ2) is 10.5. The molecular formula is C27H26ClNO4. The Balaban J connectivity index is 1.65. The zero-order valence-corrected chi connectivity index (χ0v) is 19.5. The Morgan fingerprint density at radius 2 is 1.82 bits per heavy atom. The summed E-state index contributed by atoms with van der Waals surface area (Å²) >= 11 is 6.38. The van der Waals surface area contributed by atoms with Crippen LogP contribution in [0.15, 0.2) is 60.9 Å². The zero-order chi connectivity index (χ0) is 23.2. The summed E-state index contributed by atoms with van der Waals surface area (Å²) in [5.41, 5.74) is 5.73. The first-order valence-corrected chi connectivity index (χ1v) is 11.4. The monoisotopic (exact) mass is 463 g/mol. The van der Waals surface area contributed by atoms with Crippen molar-refractivity contribution in [3.63, 3.8) is 0 Å². The van der Waals surface area contributed by atoms with Crippen molar-refractivity contribution in [3.8, 4) is 11.5 Å². The number of carbonyl (C=O) groups excluding carboxylic acids is 1. The SMILES string of the molecule is CCOC(=O)c1cncc(C2=C(c3cc(Cl)ccc3OCc3ccc(OC)cc3)CCC2)c1. The van der Waals surface area contributed by atoms with Crippen molar-refractivity contribution in [2.75, 3.05) is 13.7 Å². The Kier molecular flexibility index (Phi) is 7.30. The smallest absolute Gasteiger partial charge is 0.339 e. The van der Waals surface area contributed by atoms with Gasteiger partial charge in [-0.05, 0) is 84.9 Å². The van der Waals surface area contributed by atoms with E-state index in [2.05, 4.69) is 4.98 Å². The number of benzene rings is 2. The van der Waals surface area contributed by atoms with Crippen LogP contribution in [0.25, 0.3) is 11.1 Å². The average Bonchev–Trinajstić information content (AvgIpc) is 3.34. The number of aromatic nitrogens is 1. The first kappa shape index (κ1) is 22.9. The second-order valence-corrected chi connectivity index (χ2v) is 8.21. The maximum absolute atomic E-state index is 12.2. The van der Waals surface area contributed by atoms with E-state index < -0.39 is 0 Å². The molecule has 0 atom stereocenters. The lowest BCUT2D eigenvalue weighted by Crippen LogP contribution is -2.05. The molecule has 2 aromatic carbocycles. The molecule has 0 saturated heterocycles. The summed E-state index contributed by atoms with van der Waals surface area (Å²) < 4.78 is 16.6. The van der Waals surface area contributed by atoms with Gasteiger partial charge >= 0.3 is 5.97 Å². The molecule has 1 heterocycles. The highest BCUT2D eigenvalue weighted by Crippen LogP contribution is 2.43. The van der Waals surface area contributed by atoms with Crippen LogP contribution in [0.1, 0.15) is 53.2 Å². The van der Waals surface area contributed by atoms with E-state index >= 15 is 0 Å². The topological polar surface area (TPSA) is 57.7 Å². The molecule has 6 heteroatoms. The Labute approximate surface area is 199 Å². The Hall–Kier alpha value is -3.31. The molecule has 0 spiro atoms. The van der Waals surface area contributed by atoms with E-state index in [0.29, 0.717) is 23.8 Å². The molecule has 5 nitrogen and oxygen atoms in total. The number of pyridine rings is 1. The molecule has 0 saturated carbocycles. The van der Waals surface area contributed by atoms with E-state index in [-0.39, 0.29) is 5.97 Å². The minimum atomic E-state index is -0.363. The van der Waals surface area contributed by atoms with Gasteiger partial charge in [0.05, 0.1) is 19.3 Å². The summed E-state index contributed by atoms with van der Waals surface area (Å²) in [6, 6.07) is 15.4. The Bertz CT molecular complexity index is 1170. The molecule has 0 fully saturated rings. The van der Waals surface area contributed by atoms with E-state index in [1.807, 2.05) is 48.5 Å². The first-order chi connectivity index (χ1) is 16.1. The van der Waals surface area contributed by atoms with Gasteiger partial charge in [-0.1, -0.05) is 23.7 Å². The van der Waals surface area contributed by atoms with Gasteiger partial charge in [-0.15, -0.1) is 0 Å². The molecule has 1 aromatic heterocycles. The molecule has 170 valence electrons. The number of nitrogens with zero attached hydrogens (tertiary/aromatic N) is 1. The molecule has 0 unspecified atom stereocenters. The normalized spacial score (nSPS) is 13.2. The van der Waals surface area contributed by atoms with Gasteiger partial charge in [0.1, 0.15) is 18.1 Å². The minimum absolute atomic E-state index is 0.328. The van der Waals surface area contributed by atoms with Crippen molar-refractivity contribution in [2.45, 2.75) is 32.8 Å². The third-order valence-corrected chi connectivity index (χ3v) is 5.87. The highest BCUT2D eigenvalue weighted by Gasteiger charge is 2.22. The molecule has 33 heavy (non-hydrogen) atoms. The van der Waals surface area contributed by atoms with Crippen molar-refractivity contribution in [3.05, 3.63) is 88.2 Å². The van der Waals surface area contributed by atoms with Crippen LogP contribution < -0.4 is 9.47 Å². The van der Waals surface area contributed by atoms with Gasteiger partial charge in [-0.3, -0.25) is 4.98 Å².